The second-order valence-electron chi connectivity index (χ2n) is 1.64. The Bertz CT molecular complexity index is 253. The molecule has 0 atom stereocenters. The molecule has 0 aliphatic heterocycles. The zero-order chi connectivity index (χ0) is 6.81. The average Bonchev–Trinajstić information content (AvgIpc) is 2.59. The molecule has 0 aliphatic rings. The molecular weight excluding hydrogens is 148 g/mol. The van der Waals surface area contributed by atoms with Crippen LogP contribution in [0.2, 0.25) is 0 Å². The summed E-state index contributed by atoms with van der Waals surface area (Å²) < 4.78 is 1.50. The van der Waals surface area contributed by atoms with E-state index in [4.69, 9.17) is 0 Å². The van der Waals surface area contributed by atoms with Gasteiger partial charge in [0.2, 0.25) is 6.33 Å². The average molecular weight is 151 g/mol. The first-order chi connectivity index (χ1) is 4.97. The highest BCUT2D eigenvalue weighted by Crippen LogP contribution is 2.11. The van der Waals surface area contributed by atoms with Crippen molar-refractivity contribution in [1.29, 1.82) is 0 Å². The highest BCUT2D eigenvalue weighted by atomic mass is 32.1. The van der Waals surface area contributed by atoms with Crippen molar-refractivity contribution in [2.45, 2.75) is 0 Å². The molecule has 5 heteroatoms. The fourth-order valence-electron chi connectivity index (χ4n) is 0.626. The van der Waals surface area contributed by atoms with Crippen LogP contribution in [0, 0.1) is 6.33 Å². The van der Waals surface area contributed by atoms with Crippen LogP contribution in [0.15, 0.2) is 17.5 Å². The van der Waals surface area contributed by atoms with Gasteiger partial charge in [-0.1, -0.05) is 0 Å². The molecule has 0 amide bonds. The molecule has 10 heavy (non-hydrogen) atoms. The minimum atomic E-state index is 0.977. The van der Waals surface area contributed by atoms with E-state index in [9.17, 15) is 0 Å². The summed E-state index contributed by atoms with van der Waals surface area (Å²) in [5, 5.41) is 13.5. The minimum Gasteiger partial charge on any atom is -0.179 e. The molecular formula is C5H3N4S. The van der Waals surface area contributed by atoms with E-state index in [0.717, 1.165) is 5.00 Å². The van der Waals surface area contributed by atoms with Crippen molar-refractivity contribution in [3.63, 3.8) is 0 Å². The van der Waals surface area contributed by atoms with Crippen molar-refractivity contribution in [3.8, 4) is 5.00 Å². The molecule has 0 aromatic carbocycles. The number of tetrazole rings is 1. The van der Waals surface area contributed by atoms with Gasteiger partial charge in [-0.2, -0.15) is 4.68 Å². The van der Waals surface area contributed by atoms with E-state index in [-0.39, 0.29) is 0 Å². The Kier molecular flexibility index (Phi) is 1.21. The van der Waals surface area contributed by atoms with E-state index in [1.807, 2.05) is 17.5 Å². The second-order valence-corrected chi connectivity index (χ2v) is 2.57. The predicted octanol–water partition coefficient (Wildman–Crippen LogP) is 0.524. The first-order valence-electron chi connectivity index (χ1n) is 2.67. The summed E-state index contributed by atoms with van der Waals surface area (Å²) in [6.45, 7) is 0. The highest BCUT2D eigenvalue weighted by molar-refractivity contribution is 7.12. The van der Waals surface area contributed by atoms with Gasteiger partial charge in [0.25, 0.3) is 0 Å². The van der Waals surface area contributed by atoms with Crippen LogP contribution < -0.4 is 0 Å². The molecule has 2 rings (SSSR count). The van der Waals surface area contributed by atoms with Gasteiger partial charge >= 0.3 is 0 Å². The van der Waals surface area contributed by atoms with Gasteiger partial charge in [-0.3, -0.25) is 0 Å². The number of aromatic nitrogens is 4. The Morgan fingerprint density at radius 1 is 1.60 bits per heavy atom. The summed E-state index contributed by atoms with van der Waals surface area (Å²) in [5.41, 5.74) is 0. The van der Waals surface area contributed by atoms with Crippen LogP contribution in [0.3, 0.4) is 0 Å². The van der Waals surface area contributed by atoms with Gasteiger partial charge in [0, 0.05) is 0 Å². The Hall–Kier alpha value is -1.23. The molecule has 0 bridgehead atoms. The summed E-state index contributed by atoms with van der Waals surface area (Å²) in [6, 6.07) is 3.87. The summed E-state index contributed by atoms with van der Waals surface area (Å²) in [6.07, 6.45) is 2.59. The third kappa shape index (κ3) is 0.801. The van der Waals surface area contributed by atoms with Crippen molar-refractivity contribution in [2.24, 2.45) is 0 Å². The molecule has 2 aromatic heterocycles. The number of thiophene rings is 1. The van der Waals surface area contributed by atoms with E-state index in [0.29, 0.717) is 0 Å². The number of rotatable bonds is 1. The molecule has 49 valence electrons. The lowest BCUT2D eigenvalue weighted by atomic mass is 10.6. The van der Waals surface area contributed by atoms with E-state index in [2.05, 4.69) is 21.9 Å². The fraction of sp³-hybridized carbons (Fsp3) is 0. The molecule has 0 unspecified atom stereocenters. The molecule has 2 heterocycles. The van der Waals surface area contributed by atoms with Crippen LogP contribution in [0.25, 0.3) is 5.00 Å². The van der Waals surface area contributed by atoms with Gasteiger partial charge in [0.1, 0.15) is 5.00 Å². The third-order valence-corrected chi connectivity index (χ3v) is 1.87. The molecule has 4 nitrogen and oxygen atoms in total. The van der Waals surface area contributed by atoms with Crippen molar-refractivity contribution < 1.29 is 0 Å². The van der Waals surface area contributed by atoms with Gasteiger partial charge in [-0.15, -0.1) is 16.4 Å². The topological polar surface area (TPSA) is 43.6 Å². The van der Waals surface area contributed by atoms with E-state index in [1.54, 1.807) is 11.3 Å². The van der Waals surface area contributed by atoms with Crippen molar-refractivity contribution in [2.75, 3.05) is 0 Å². The smallest absolute Gasteiger partial charge is 0.179 e. The number of hydrogen-bond donors (Lipinski definition) is 0. The van der Waals surface area contributed by atoms with Gasteiger partial charge < -0.3 is 0 Å². The predicted molar refractivity (Wildman–Crippen MR) is 35.9 cm³/mol. The Labute approximate surface area is 61.1 Å². The van der Waals surface area contributed by atoms with Crippen LogP contribution in [-0.4, -0.2) is 20.2 Å². The summed E-state index contributed by atoms with van der Waals surface area (Å²) >= 11 is 1.57. The largest absolute Gasteiger partial charge is 0.227 e. The normalized spacial score (nSPS) is 10.0. The van der Waals surface area contributed by atoms with Gasteiger partial charge in [-0.25, -0.2) is 0 Å². The van der Waals surface area contributed by atoms with Crippen molar-refractivity contribution in [1.82, 2.24) is 20.2 Å². The lowest BCUT2D eigenvalue weighted by Gasteiger charge is -1.86. The van der Waals surface area contributed by atoms with Gasteiger partial charge in [-0.05, 0) is 27.9 Å². The van der Waals surface area contributed by atoms with Crippen LogP contribution in [0.4, 0.5) is 0 Å². The van der Waals surface area contributed by atoms with E-state index < -0.39 is 0 Å². The molecule has 0 aliphatic carbocycles. The van der Waals surface area contributed by atoms with Crippen LogP contribution >= 0.6 is 11.3 Å². The van der Waals surface area contributed by atoms with Crippen LogP contribution in [0.1, 0.15) is 0 Å². The summed E-state index contributed by atoms with van der Waals surface area (Å²) in [4.78, 5) is 0. The maximum absolute atomic E-state index is 3.67. The minimum absolute atomic E-state index is 0.977. The van der Waals surface area contributed by atoms with Crippen molar-refractivity contribution in [3.05, 3.63) is 23.8 Å². The van der Waals surface area contributed by atoms with Gasteiger partial charge in [0.15, 0.2) is 0 Å². The van der Waals surface area contributed by atoms with Crippen molar-refractivity contribution >= 4 is 11.3 Å². The molecule has 0 N–H and O–H groups in total. The molecule has 0 fully saturated rings. The third-order valence-electron chi connectivity index (χ3n) is 1.03. The Balaban J connectivity index is 2.48. The summed E-state index contributed by atoms with van der Waals surface area (Å²) in [7, 11) is 0. The molecule has 1 radical (unpaired) electrons. The molecule has 2 aromatic rings. The monoisotopic (exact) mass is 151 g/mol. The van der Waals surface area contributed by atoms with Crippen LogP contribution in [-0.2, 0) is 0 Å². The Morgan fingerprint density at radius 2 is 2.60 bits per heavy atom. The zero-order valence-electron chi connectivity index (χ0n) is 4.93. The maximum atomic E-state index is 3.67. The van der Waals surface area contributed by atoms with E-state index >= 15 is 0 Å². The summed E-state index contributed by atoms with van der Waals surface area (Å²) in [5.74, 6) is 0. The first-order valence-corrected chi connectivity index (χ1v) is 3.55. The first kappa shape index (κ1) is 5.55. The number of nitrogens with zero attached hydrogens (tertiary/aromatic N) is 4. The van der Waals surface area contributed by atoms with E-state index in [1.165, 1.54) is 4.68 Å². The maximum Gasteiger partial charge on any atom is 0.227 e. The molecule has 0 saturated carbocycles. The highest BCUT2D eigenvalue weighted by Gasteiger charge is 1.96. The fourth-order valence-corrected chi connectivity index (χ4v) is 1.26. The quantitative estimate of drug-likeness (QED) is 0.597. The zero-order valence-corrected chi connectivity index (χ0v) is 5.75. The Morgan fingerprint density at radius 3 is 3.20 bits per heavy atom. The number of hydrogen-bond acceptors (Lipinski definition) is 4. The lowest BCUT2D eigenvalue weighted by Crippen LogP contribution is -1.90. The van der Waals surface area contributed by atoms with Gasteiger partial charge in [0.05, 0.1) is 0 Å². The standard InChI is InChI=1S/C5H3N4S/c1-2-5(10-3-1)9-4-6-7-8-9/h1-3H. The lowest BCUT2D eigenvalue weighted by molar-refractivity contribution is 0.797. The molecule has 0 spiro atoms. The molecule has 0 saturated heterocycles. The second kappa shape index (κ2) is 2.18. The van der Waals surface area contributed by atoms with Crippen LogP contribution in [0.5, 0.6) is 0 Å². The SMILES string of the molecule is [c]1nnnn1-c1cccs1.